The third kappa shape index (κ3) is 2.92. The molecule has 5 nitrogen and oxygen atoms in total. The molecule has 0 aliphatic carbocycles. The molecule has 1 saturated heterocycles. The van der Waals surface area contributed by atoms with Gasteiger partial charge in [-0.25, -0.2) is 0 Å². The van der Waals surface area contributed by atoms with Crippen LogP contribution in [-0.4, -0.2) is 29.9 Å². The lowest BCUT2D eigenvalue weighted by atomic mass is 10.2. The van der Waals surface area contributed by atoms with Gasteiger partial charge in [0.05, 0.1) is 0 Å². The smallest absolute Gasteiger partial charge is 0.464 e. The number of aliphatic hydroxyl groups is 1. The van der Waals surface area contributed by atoms with Crippen molar-refractivity contribution in [1.82, 2.24) is 0 Å². The van der Waals surface area contributed by atoms with E-state index in [0.717, 1.165) is 0 Å². The number of hydrogen-bond donors (Lipinski definition) is 0. The fraction of sp³-hybridized carbons (Fsp3) is 0.417. The van der Waals surface area contributed by atoms with Crippen LogP contribution in [0.5, 0.6) is 5.75 Å². The highest BCUT2D eigenvalue weighted by molar-refractivity contribution is 7.54. The molecule has 18 heavy (non-hydrogen) atoms. The summed E-state index contributed by atoms with van der Waals surface area (Å²) in [4.78, 5) is 11.0. The lowest BCUT2D eigenvalue weighted by molar-refractivity contribution is -0.146. The molecule has 0 saturated carbocycles. The number of rotatable bonds is 4. The number of carbonyl (C=O) groups excluding carboxylic acids is 1. The first-order chi connectivity index (χ1) is 8.64. The monoisotopic (exact) mass is 271 g/mol. The van der Waals surface area contributed by atoms with Gasteiger partial charge in [0.15, 0.2) is 5.66 Å². The number of hydrogen-bond acceptors (Lipinski definition) is 4. The van der Waals surface area contributed by atoms with E-state index in [2.05, 4.69) is 4.52 Å². The second-order valence-corrected chi connectivity index (χ2v) is 6.49. The number of ether oxygens (including phenoxy) is 1. The van der Waals surface area contributed by atoms with Crippen molar-refractivity contribution in [2.45, 2.75) is 18.5 Å². The molecule has 0 spiro atoms. The molecule has 1 heterocycles. The van der Waals surface area contributed by atoms with Crippen molar-refractivity contribution in [1.29, 1.82) is 0 Å². The van der Waals surface area contributed by atoms with Crippen molar-refractivity contribution >= 4 is 13.6 Å². The Labute approximate surface area is 106 Å². The first kappa shape index (κ1) is 13.1. The minimum atomic E-state index is -3.18. The van der Waals surface area contributed by atoms with Crippen molar-refractivity contribution in [3.05, 3.63) is 30.3 Å². The predicted molar refractivity (Wildman–Crippen MR) is 66.8 cm³/mol. The first-order valence-corrected chi connectivity index (χ1v) is 7.40. The fourth-order valence-corrected chi connectivity index (χ4v) is 3.50. The molecule has 1 aliphatic heterocycles. The number of esters is 1. The van der Waals surface area contributed by atoms with Gasteiger partial charge in [0, 0.05) is 6.42 Å². The van der Waals surface area contributed by atoms with E-state index in [1.54, 1.807) is 24.3 Å². The predicted octanol–water partition coefficient (Wildman–Crippen LogP) is 2.12. The Hall–Kier alpha value is -1.32. The fourth-order valence-electron chi connectivity index (χ4n) is 1.80. The lowest BCUT2D eigenvalue weighted by Crippen LogP contribution is -2.29. The van der Waals surface area contributed by atoms with Crippen molar-refractivity contribution in [3.63, 3.8) is 0 Å². The average molecular weight is 271 g/mol. The summed E-state index contributed by atoms with van der Waals surface area (Å²) in [6, 6.07) is 8.91. The van der Waals surface area contributed by atoms with Crippen LogP contribution in [0.2, 0.25) is 0 Å². The van der Waals surface area contributed by atoms with E-state index >= 15 is 0 Å². The third-order valence-electron chi connectivity index (χ3n) is 2.84. The SMILES string of the molecule is C[OH+]P(=O)(Oc1ccccc1)C1CCC(=O)OC1. The van der Waals surface area contributed by atoms with Gasteiger partial charge in [-0.15, -0.1) is 0 Å². The first-order valence-electron chi connectivity index (χ1n) is 5.75. The van der Waals surface area contributed by atoms with Crippen molar-refractivity contribution < 1.29 is 23.1 Å². The van der Waals surface area contributed by atoms with Crippen LogP contribution in [0, 0.1) is 0 Å². The van der Waals surface area contributed by atoms with E-state index in [0.29, 0.717) is 12.2 Å². The van der Waals surface area contributed by atoms with E-state index in [1.165, 1.54) is 7.11 Å². The van der Waals surface area contributed by atoms with Gasteiger partial charge in [-0.3, -0.25) is 4.79 Å². The van der Waals surface area contributed by atoms with Crippen LogP contribution in [0.15, 0.2) is 30.3 Å². The Morgan fingerprint density at radius 2 is 2.11 bits per heavy atom. The van der Waals surface area contributed by atoms with Crippen molar-refractivity contribution in [2.75, 3.05) is 13.7 Å². The molecular weight excluding hydrogens is 255 g/mol. The lowest BCUT2D eigenvalue weighted by Gasteiger charge is -2.24. The Bertz CT molecular complexity index is 449. The minimum absolute atomic E-state index is 0.111. The van der Waals surface area contributed by atoms with Crippen LogP contribution in [0.4, 0.5) is 0 Å². The zero-order valence-electron chi connectivity index (χ0n) is 10.1. The molecule has 6 heteroatoms. The second-order valence-electron chi connectivity index (χ2n) is 4.04. The second kappa shape index (κ2) is 5.55. The zero-order chi connectivity index (χ0) is 13.0. The highest BCUT2D eigenvalue weighted by Gasteiger charge is 2.45. The maximum Gasteiger partial charge on any atom is 0.532 e. The molecule has 1 aromatic carbocycles. The minimum Gasteiger partial charge on any atom is -0.464 e. The Kier molecular flexibility index (Phi) is 4.04. The molecule has 2 atom stereocenters. The van der Waals surface area contributed by atoms with Gasteiger partial charge >= 0.3 is 13.6 Å². The summed E-state index contributed by atoms with van der Waals surface area (Å²) >= 11 is 0. The topological polar surface area (TPSA) is 65.4 Å². The van der Waals surface area contributed by atoms with Gasteiger partial charge in [0.1, 0.15) is 19.5 Å². The van der Waals surface area contributed by atoms with Crippen LogP contribution in [0.25, 0.3) is 0 Å². The molecule has 0 amide bonds. The van der Waals surface area contributed by atoms with Gasteiger partial charge in [-0.05, 0) is 18.6 Å². The highest BCUT2D eigenvalue weighted by atomic mass is 31.2. The molecule has 1 aromatic rings. The molecule has 0 radical (unpaired) electrons. The van der Waals surface area contributed by atoms with E-state index in [9.17, 15) is 9.36 Å². The summed E-state index contributed by atoms with van der Waals surface area (Å²) in [5, 5.41) is 0. The molecule has 1 aliphatic rings. The zero-order valence-corrected chi connectivity index (χ0v) is 11.0. The number of carbonyl (C=O) groups is 1. The molecule has 1 fully saturated rings. The largest absolute Gasteiger partial charge is 0.532 e. The van der Waals surface area contributed by atoms with Gasteiger partial charge in [-0.1, -0.05) is 18.2 Å². The van der Waals surface area contributed by atoms with Gasteiger partial charge in [0.2, 0.25) is 0 Å². The van der Waals surface area contributed by atoms with Crippen LogP contribution in [0.3, 0.4) is 0 Å². The molecule has 2 unspecified atom stereocenters. The Balaban J connectivity index is 2.10. The number of para-hydroxylation sites is 1. The summed E-state index contributed by atoms with van der Waals surface area (Å²) in [6.07, 6.45) is 0.753. The van der Waals surface area contributed by atoms with E-state index in [4.69, 9.17) is 9.26 Å². The van der Waals surface area contributed by atoms with E-state index < -0.39 is 7.60 Å². The third-order valence-corrected chi connectivity index (χ3v) is 5.20. The van der Waals surface area contributed by atoms with Crippen LogP contribution in [0.1, 0.15) is 12.8 Å². The Morgan fingerprint density at radius 1 is 1.39 bits per heavy atom. The summed E-state index contributed by atoms with van der Waals surface area (Å²) in [7, 11) is -1.70. The summed E-state index contributed by atoms with van der Waals surface area (Å²) < 4.78 is 27.0. The summed E-state index contributed by atoms with van der Waals surface area (Å²) in [5.74, 6) is 0.261. The highest BCUT2D eigenvalue weighted by Crippen LogP contribution is 2.52. The number of cyclic esters (lactones) is 1. The quantitative estimate of drug-likeness (QED) is 0.478. The van der Waals surface area contributed by atoms with Crippen LogP contribution < -0.4 is 4.52 Å². The Morgan fingerprint density at radius 3 is 2.67 bits per heavy atom. The molecule has 98 valence electrons. The van der Waals surface area contributed by atoms with Crippen molar-refractivity contribution in [3.8, 4) is 5.75 Å². The summed E-state index contributed by atoms with van der Waals surface area (Å²) in [6.45, 7) is 0.111. The van der Waals surface area contributed by atoms with Crippen LogP contribution in [-0.2, 0) is 14.1 Å². The molecule has 1 N–H and O–H groups in total. The molecular formula is C12H16O5P+. The standard InChI is InChI=1S/C12H15O5P/c1-15-18(14,11-7-8-12(13)16-9-11)17-10-5-3-2-4-6-10/h2-6,11H,7-9H2,1H3/p+1. The van der Waals surface area contributed by atoms with Gasteiger partial charge in [-0.2, -0.15) is 4.57 Å². The van der Waals surface area contributed by atoms with E-state index in [1.807, 2.05) is 6.07 Å². The number of benzene rings is 1. The molecule has 0 aromatic heterocycles. The normalized spacial score (nSPS) is 22.9. The van der Waals surface area contributed by atoms with Crippen LogP contribution >= 0.6 is 7.60 Å². The maximum absolute atomic E-state index is 12.6. The molecule has 0 bridgehead atoms. The average Bonchev–Trinajstić information content (AvgIpc) is 2.40. The summed E-state index contributed by atoms with van der Waals surface area (Å²) in [5.41, 5.74) is -0.347. The maximum atomic E-state index is 12.6. The molecule has 2 rings (SSSR count). The van der Waals surface area contributed by atoms with E-state index in [-0.39, 0.29) is 24.7 Å². The van der Waals surface area contributed by atoms with Gasteiger partial charge in [0.25, 0.3) is 0 Å². The van der Waals surface area contributed by atoms with Crippen molar-refractivity contribution in [2.24, 2.45) is 0 Å². The van der Waals surface area contributed by atoms with Gasteiger partial charge < -0.3 is 13.8 Å².